The number of aryl methyl sites for hydroxylation is 4. The Hall–Kier alpha value is -1.60. The third-order valence-corrected chi connectivity index (χ3v) is 4.74. The van der Waals surface area contributed by atoms with Gasteiger partial charge in [0.15, 0.2) is 0 Å². The Balaban J connectivity index is 2.01. The van der Waals surface area contributed by atoms with Crippen LogP contribution >= 0.6 is 0 Å². The zero-order chi connectivity index (χ0) is 14.8. The van der Waals surface area contributed by atoms with Gasteiger partial charge in [-0.15, -0.1) is 0 Å². The quantitative estimate of drug-likeness (QED) is 0.873. The molecule has 1 heteroatoms. The van der Waals surface area contributed by atoms with Gasteiger partial charge in [-0.1, -0.05) is 42.0 Å². The van der Waals surface area contributed by atoms with E-state index in [0.29, 0.717) is 0 Å². The van der Waals surface area contributed by atoms with Crippen molar-refractivity contribution in [1.29, 1.82) is 0 Å². The molecule has 0 radical (unpaired) electrons. The molecule has 2 aromatic carbocycles. The second kappa shape index (κ2) is 6.03. The minimum Gasteiger partial charge on any atom is -0.309 e. The SMILES string of the molecule is CNC(c1ccc2c(c1)CCCC2)c1cc(C)ccc1C. The summed E-state index contributed by atoms with van der Waals surface area (Å²) in [5, 5.41) is 3.51. The number of rotatable bonds is 3. The second-order valence-electron chi connectivity index (χ2n) is 6.32. The molecule has 0 spiro atoms. The van der Waals surface area contributed by atoms with Crippen molar-refractivity contribution in [3.05, 3.63) is 69.8 Å². The van der Waals surface area contributed by atoms with Gasteiger partial charge >= 0.3 is 0 Å². The molecule has 1 aliphatic rings. The molecule has 0 aromatic heterocycles. The summed E-state index contributed by atoms with van der Waals surface area (Å²) < 4.78 is 0. The number of hydrogen-bond acceptors (Lipinski definition) is 1. The van der Waals surface area contributed by atoms with Gasteiger partial charge in [0.25, 0.3) is 0 Å². The average molecular weight is 279 g/mol. The van der Waals surface area contributed by atoms with Crippen molar-refractivity contribution in [2.24, 2.45) is 0 Å². The van der Waals surface area contributed by atoms with Crippen LogP contribution in [0.25, 0.3) is 0 Å². The van der Waals surface area contributed by atoms with Crippen LogP contribution in [-0.2, 0) is 12.8 Å². The van der Waals surface area contributed by atoms with E-state index in [1.54, 1.807) is 11.1 Å². The van der Waals surface area contributed by atoms with Gasteiger partial charge in [-0.2, -0.15) is 0 Å². The van der Waals surface area contributed by atoms with E-state index in [4.69, 9.17) is 0 Å². The van der Waals surface area contributed by atoms with Gasteiger partial charge in [-0.05, 0) is 74.4 Å². The third kappa shape index (κ3) is 2.89. The van der Waals surface area contributed by atoms with Crippen LogP contribution in [0.3, 0.4) is 0 Å². The van der Waals surface area contributed by atoms with Crippen molar-refractivity contribution >= 4 is 0 Å². The average Bonchev–Trinajstić information content (AvgIpc) is 2.51. The molecule has 0 amide bonds. The summed E-state index contributed by atoms with van der Waals surface area (Å²) in [5.41, 5.74) is 8.59. The van der Waals surface area contributed by atoms with E-state index in [2.05, 4.69) is 62.6 Å². The molecule has 21 heavy (non-hydrogen) atoms. The minimum absolute atomic E-state index is 0.289. The van der Waals surface area contributed by atoms with E-state index in [1.807, 2.05) is 0 Å². The highest BCUT2D eigenvalue weighted by Crippen LogP contribution is 2.29. The van der Waals surface area contributed by atoms with Crippen LogP contribution in [0.2, 0.25) is 0 Å². The first-order chi connectivity index (χ1) is 10.2. The lowest BCUT2D eigenvalue weighted by Gasteiger charge is -2.23. The van der Waals surface area contributed by atoms with E-state index in [9.17, 15) is 0 Å². The zero-order valence-electron chi connectivity index (χ0n) is 13.4. The molecule has 3 rings (SSSR count). The predicted molar refractivity (Wildman–Crippen MR) is 89.9 cm³/mol. The van der Waals surface area contributed by atoms with Gasteiger partial charge < -0.3 is 5.32 Å². The molecule has 0 fully saturated rings. The first-order valence-corrected chi connectivity index (χ1v) is 8.05. The lowest BCUT2D eigenvalue weighted by molar-refractivity contribution is 0.666. The molecule has 1 aliphatic carbocycles. The molecule has 0 aliphatic heterocycles. The molecule has 1 unspecified atom stereocenters. The topological polar surface area (TPSA) is 12.0 Å². The van der Waals surface area contributed by atoms with Crippen LogP contribution in [0.15, 0.2) is 36.4 Å². The number of fused-ring (bicyclic) bond motifs is 1. The molecular weight excluding hydrogens is 254 g/mol. The van der Waals surface area contributed by atoms with E-state index in [0.717, 1.165) is 0 Å². The Morgan fingerprint density at radius 3 is 2.43 bits per heavy atom. The Bertz CT molecular complexity index is 642. The van der Waals surface area contributed by atoms with Crippen LogP contribution in [0.5, 0.6) is 0 Å². The molecule has 0 saturated heterocycles. The van der Waals surface area contributed by atoms with Crippen molar-refractivity contribution in [2.75, 3.05) is 7.05 Å². The summed E-state index contributed by atoms with van der Waals surface area (Å²) in [6.45, 7) is 4.38. The highest BCUT2D eigenvalue weighted by molar-refractivity contribution is 5.42. The summed E-state index contributed by atoms with van der Waals surface area (Å²) in [4.78, 5) is 0. The number of benzene rings is 2. The maximum absolute atomic E-state index is 3.51. The Morgan fingerprint density at radius 2 is 1.67 bits per heavy atom. The molecule has 0 saturated carbocycles. The summed E-state index contributed by atoms with van der Waals surface area (Å²) in [5.74, 6) is 0. The largest absolute Gasteiger partial charge is 0.309 e. The molecule has 110 valence electrons. The summed E-state index contributed by atoms with van der Waals surface area (Å²) in [6.07, 6.45) is 5.18. The first kappa shape index (κ1) is 14.3. The van der Waals surface area contributed by atoms with Crippen LogP contribution in [0.4, 0.5) is 0 Å². The lowest BCUT2D eigenvalue weighted by atomic mass is 9.87. The predicted octanol–water partition coefficient (Wildman–Crippen LogP) is 4.49. The molecule has 1 atom stereocenters. The van der Waals surface area contributed by atoms with Crippen molar-refractivity contribution in [3.8, 4) is 0 Å². The van der Waals surface area contributed by atoms with E-state index < -0.39 is 0 Å². The van der Waals surface area contributed by atoms with Crippen molar-refractivity contribution < 1.29 is 0 Å². The van der Waals surface area contributed by atoms with E-state index in [-0.39, 0.29) is 6.04 Å². The van der Waals surface area contributed by atoms with Crippen molar-refractivity contribution in [1.82, 2.24) is 5.32 Å². The maximum Gasteiger partial charge on any atom is 0.0577 e. The van der Waals surface area contributed by atoms with Crippen molar-refractivity contribution in [3.63, 3.8) is 0 Å². The fourth-order valence-electron chi connectivity index (χ4n) is 3.51. The molecule has 2 aromatic rings. The maximum atomic E-state index is 3.51. The summed E-state index contributed by atoms with van der Waals surface area (Å²) in [7, 11) is 2.06. The van der Waals surface area contributed by atoms with Crippen LogP contribution in [0, 0.1) is 13.8 Å². The monoisotopic (exact) mass is 279 g/mol. The molecule has 0 bridgehead atoms. The Labute approximate surface area is 128 Å². The highest BCUT2D eigenvalue weighted by Gasteiger charge is 2.17. The second-order valence-corrected chi connectivity index (χ2v) is 6.32. The Kier molecular flexibility index (Phi) is 4.12. The van der Waals surface area contributed by atoms with Gasteiger partial charge in [0.05, 0.1) is 6.04 Å². The van der Waals surface area contributed by atoms with Gasteiger partial charge in [-0.3, -0.25) is 0 Å². The molecular formula is C20H25N. The highest BCUT2D eigenvalue weighted by atomic mass is 14.9. The first-order valence-electron chi connectivity index (χ1n) is 8.05. The van der Waals surface area contributed by atoms with Crippen LogP contribution in [-0.4, -0.2) is 7.05 Å². The smallest absolute Gasteiger partial charge is 0.0577 e. The van der Waals surface area contributed by atoms with Crippen LogP contribution < -0.4 is 5.32 Å². The number of nitrogens with one attached hydrogen (secondary N) is 1. The molecule has 1 nitrogen and oxygen atoms in total. The minimum atomic E-state index is 0.289. The van der Waals surface area contributed by atoms with E-state index >= 15 is 0 Å². The van der Waals surface area contributed by atoms with Crippen molar-refractivity contribution in [2.45, 2.75) is 45.6 Å². The molecule has 0 heterocycles. The van der Waals surface area contributed by atoms with Crippen LogP contribution in [0.1, 0.15) is 52.3 Å². The zero-order valence-corrected chi connectivity index (χ0v) is 13.4. The standard InChI is InChI=1S/C20H25N/c1-14-8-9-15(2)19(12-14)20(21-3)18-11-10-16-6-4-5-7-17(16)13-18/h8-13,20-21H,4-7H2,1-3H3. The summed E-state index contributed by atoms with van der Waals surface area (Å²) >= 11 is 0. The Morgan fingerprint density at radius 1 is 0.905 bits per heavy atom. The van der Waals surface area contributed by atoms with Gasteiger partial charge in [-0.25, -0.2) is 0 Å². The fraction of sp³-hybridized carbons (Fsp3) is 0.400. The van der Waals surface area contributed by atoms with Gasteiger partial charge in [0, 0.05) is 0 Å². The van der Waals surface area contributed by atoms with Gasteiger partial charge in [0.1, 0.15) is 0 Å². The molecule has 1 N–H and O–H groups in total. The fourth-order valence-corrected chi connectivity index (χ4v) is 3.51. The normalized spacial score (nSPS) is 15.6. The number of hydrogen-bond donors (Lipinski definition) is 1. The van der Waals surface area contributed by atoms with E-state index in [1.165, 1.54) is 47.9 Å². The lowest BCUT2D eigenvalue weighted by Crippen LogP contribution is -2.19. The third-order valence-electron chi connectivity index (χ3n) is 4.74. The van der Waals surface area contributed by atoms with Gasteiger partial charge in [0.2, 0.25) is 0 Å². The summed E-state index contributed by atoms with van der Waals surface area (Å²) in [6, 6.07) is 14.1.